The normalized spacial score (nSPS) is 11.0. The van der Waals surface area contributed by atoms with Gasteiger partial charge in [0.1, 0.15) is 6.61 Å². The van der Waals surface area contributed by atoms with Crippen molar-refractivity contribution in [1.82, 2.24) is 0 Å². The van der Waals surface area contributed by atoms with Gasteiger partial charge in [-0.25, -0.2) is 0 Å². The third kappa shape index (κ3) is 9.01. The number of aryl methyl sites for hydroxylation is 1. The van der Waals surface area contributed by atoms with Gasteiger partial charge in [0, 0.05) is 19.2 Å². The molecule has 120 valence electrons. The van der Waals surface area contributed by atoms with Crippen molar-refractivity contribution in [3.8, 4) is 0 Å². The molecule has 1 aromatic rings. The Morgan fingerprint density at radius 2 is 1.52 bits per heavy atom. The standard InChI is InChI=1S/C15H25ClNO4/c1-14-3-4-17(15(16)13-14)5-6-19-9-10-21-12-11-20-8-7-18-2/h3-4,13H,5-12H2,1-2H3/q+1. The van der Waals surface area contributed by atoms with Gasteiger partial charge in [-0.2, -0.15) is 4.57 Å². The number of hydrogen-bond acceptors (Lipinski definition) is 4. The molecule has 5 nitrogen and oxygen atoms in total. The van der Waals surface area contributed by atoms with Crippen LogP contribution in [0.25, 0.3) is 0 Å². The average Bonchev–Trinajstić information content (AvgIpc) is 2.46. The summed E-state index contributed by atoms with van der Waals surface area (Å²) in [5.41, 5.74) is 1.15. The van der Waals surface area contributed by atoms with Crippen LogP contribution in [0.15, 0.2) is 18.3 Å². The first kappa shape index (κ1) is 18.3. The molecule has 0 fully saturated rings. The minimum Gasteiger partial charge on any atom is -0.382 e. The number of aromatic nitrogens is 1. The fourth-order valence-electron chi connectivity index (χ4n) is 1.63. The van der Waals surface area contributed by atoms with Gasteiger partial charge in [-0.05, 0) is 24.1 Å². The maximum absolute atomic E-state index is 6.12. The zero-order valence-corrected chi connectivity index (χ0v) is 13.6. The van der Waals surface area contributed by atoms with Crippen molar-refractivity contribution >= 4 is 11.6 Å². The maximum atomic E-state index is 6.12. The average molecular weight is 319 g/mol. The summed E-state index contributed by atoms with van der Waals surface area (Å²) in [4.78, 5) is 0. The molecule has 0 aliphatic carbocycles. The highest BCUT2D eigenvalue weighted by Crippen LogP contribution is 2.03. The number of rotatable bonds is 12. The van der Waals surface area contributed by atoms with Crippen molar-refractivity contribution in [1.29, 1.82) is 0 Å². The van der Waals surface area contributed by atoms with Crippen LogP contribution in [-0.4, -0.2) is 53.4 Å². The van der Waals surface area contributed by atoms with E-state index in [2.05, 4.69) is 0 Å². The van der Waals surface area contributed by atoms with Crippen molar-refractivity contribution in [2.45, 2.75) is 13.5 Å². The monoisotopic (exact) mass is 318 g/mol. The summed E-state index contributed by atoms with van der Waals surface area (Å²) in [5, 5.41) is 0.725. The molecule has 21 heavy (non-hydrogen) atoms. The second-order valence-corrected chi connectivity index (χ2v) is 4.94. The minimum atomic E-state index is 0.569. The van der Waals surface area contributed by atoms with Crippen molar-refractivity contribution in [3.63, 3.8) is 0 Å². The van der Waals surface area contributed by atoms with Crippen molar-refractivity contribution in [3.05, 3.63) is 29.0 Å². The van der Waals surface area contributed by atoms with Gasteiger partial charge in [-0.3, -0.25) is 0 Å². The van der Waals surface area contributed by atoms with Gasteiger partial charge >= 0.3 is 0 Å². The highest BCUT2D eigenvalue weighted by molar-refractivity contribution is 6.28. The van der Waals surface area contributed by atoms with E-state index in [4.69, 9.17) is 30.5 Å². The SMILES string of the molecule is COCCOCCOCCOCC[n+]1ccc(C)cc1Cl. The molecular formula is C15H25ClNO4+. The van der Waals surface area contributed by atoms with Crippen LogP contribution in [0, 0.1) is 6.92 Å². The fourth-order valence-corrected chi connectivity index (χ4v) is 1.94. The van der Waals surface area contributed by atoms with Gasteiger partial charge in [0.05, 0.1) is 39.6 Å². The molecule has 0 radical (unpaired) electrons. The van der Waals surface area contributed by atoms with Crippen LogP contribution in [-0.2, 0) is 25.5 Å². The van der Waals surface area contributed by atoms with E-state index in [1.54, 1.807) is 7.11 Å². The van der Waals surface area contributed by atoms with E-state index in [1.807, 2.05) is 29.8 Å². The first-order chi connectivity index (χ1) is 10.2. The van der Waals surface area contributed by atoms with Crippen LogP contribution in [0.2, 0.25) is 5.15 Å². The number of halogens is 1. The number of nitrogens with zero attached hydrogens (tertiary/aromatic N) is 1. The van der Waals surface area contributed by atoms with Gasteiger partial charge in [0.25, 0.3) is 5.15 Å². The Morgan fingerprint density at radius 3 is 2.10 bits per heavy atom. The molecule has 0 aliphatic rings. The number of methoxy groups -OCH3 is 1. The molecule has 0 spiro atoms. The Labute approximate surface area is 131 Å². The van der Waals surface area contributed by atoms with Crippen LogP contribution in [0.1, 0.15) is 5.56 Å². The van der Waals surface area contributed by atoms with E-state index in [9.17, 15) is 0 Å². The Hall–Kier alpha value is -0.720. The lowest BCUT2D eigenvalue weighted by atomic mass is 10.3. The maximum Gasteiger partial charge on any atom is 0.275 e. The zero-order chi connectivity index (χ0) is 15.3. The number of pyridine rings is 1. The van der Waals surface area contributed by atoms with E-state index in [0.717, 1.165) is 17.3 Å². The smallest absolute Gasteiger partial charge is 0.275 e. The highest BCUT2D eigenvalue weighted by Gasteiger charge is 2.07. The Balaban J connectivity index is 1.93. The predicted molar refractivity (Wildman–Crippen MR) is 80.7 cm³/mol. The fraction of sp³-hybridized carbons (Fsp3) is 0.667. The van der Waals surface area contributed by atoms with E-state index >= 15 is 0 Å². The molecule has 0 saturated heterocycles. The minimum absolute atomic E-state index is 0.569. The quantitative estimate of drug-likeness (QED) is 0.334. The molecule has 0 atom stereocenters. The van der Waals surface area contributed by atoms with Crippen LogP contribution in [0.5, 0.6) is 0 Å². The summed E-state index contributed by atoms with van der Waals surface area (Å²) in [6.07, 6.45) is 1.97. The van der Waals surface area contributed by atoms with E-state index in [0.29, 0.717) is 46.2 Å². The summed E-state index contributed by atoms with van der Waals surface area (Å²) < 4.78 is 23.0. The van der Waals surface area contributed by atoms with Gasteiger partial charge in [0.15, 0.2) is 12.7 Å². The largest absolute Gasteiger partial charge is 0.382 e. The molecule has 1 heterocycles. The molecule has 1 aromatic heterocycles. The summed E-state index contributed by atoms with van der Waals surface area (Å²) in [6, 6.07) is 3.97. The van der Waals surface area contributed by atoms with Crippen LogP contribution < -0.4 is 4.57 Å². The predicted octanol–water partition coefficient (Wildman–Crippen LogP) is 1.63. The second-order valence-electron chi connectivity index (χ2n) is 4.55. The van der Waals surface area contributed by atoms with Gasteiger partial charge in [-0.15, -0.1) is 0 Å². The molecule has 6 heteroatoms. The second kappa shape index (κ2) is 11.9. The van der Waals surface area contributed by atoms with E-state index < -0.39 is 0 Å². The van der Waals surface area contributed by atoms with E-state index in [-0.39, 0.29) is 0 Å². The summed E-state index contributed by atoms with van der Waals surface area (Å²) in [7, 11) is 1.65. The van der Waals surface area contributed by atoms with Crippen LogP contribution in [0.4, 0.5) is 0 Å². The molecule has 0 unspecified atom stereocenters. The Morgan fingerprint density at radius 1 is 0.952 bits per heavy atom. The van der Waals surface area contributed by atoms with Crippen molar-refractivity contribution in [2.75, 3.05) is 53.4 Å². The molecule has 0 aliphatic heterocycles. The molecule has 0 bridgehead atoms. The van der Waals surface area contributed by atoms with Crippen molar-refractivity contribution in [2.24, 2.45) is 0 Å². The first-order valence-corrected chi connectivity index (χ1v) is 7.49. The van der Waals surface area contributed by atoms with Gasteiger partial charge in [-0.1, -0.05) is 0 Å². The highest BCUT2D eigenvalue weighted by atomic mass is 35.5. The lowest BCUT2D eigenvalue weighted by molar-refractivity contribution is -0.696. The Kier molecular flexibility index (Phi) is 10.4. The van der Waals surface area contributed by atoms with Crippen molar-refractivity contribution < 1.29 is 23.5 Å². The number of hydrogen-bond donors (Lipinski definition) is 0. The van der Waals surface area contributed by atoms with Crippen LogP contribution in [0.3, 0.4) is 0 Å². The zero-order valence-electron chi connectivity index (χ0n) is 12.8. The van der Waals surface area contributed by atoms with Gasteiger partial charge < -0.3 is 18.9 Å². The molecule has 1 rings (SSSR count). The Bertz CT molecular complexity index is 390. The third-order valence-corrected chi connectivity index (χ3v) is 3.12. The summed E-state index contributed by atoms with van der Waals surface area (Å²) in [5.74, 6) is 0. The molecule has 0 aromatic carbocycles. The van der Waals surface area contributed by atoms with Gasteiger partial charge in [0.2, 0.25) is 0 Å². The lowest BCUT2D eigenvalue weighted by Gasteiger charge is -2.06. The van der Waals surface area contributed by atoms with E-state index in [1.165, 1.54) is 0 Å². The summed E-state index contributed by atoms with van der Waals surface area (Å²) in [6.45, 7) is 6.88. The third-order valence-electron chi connectivity index (χ3n) is 2.79. The summed E-state index contributed by atoms with van der Waals surface area (Å²) >= 11 is 6.12. The van der Waals surface area contributed by atoms with Crippen LogP contribution >= 0.6 is 11.6 Å². The first-order valence-electron chi connectivity index (χ1n) is 7.12. The topological polar surface area (TPSA) is 40.8 Å². The molecule has 0 N–H and O–H groups in total. The molecule has 0 saturated carbocycles. The molecule has 0 amide bonds. The lowest BCUT2D eigenvalue weighted by Crippen LogP contribution is -2.37. The molecular weight excluding hydrogens is 294 g/mol. The number of ether oxygens (including phenoxy) is 4.